The highest BCUT2D eigenvalue weighted by Gasteiger charge is 2.52. The third-order valence-electron chi connectivity index (χ3n) is 6.60. The van der Waals surface area contributed by atoms with Crippen molar-refractivity contribution in [3.05, 3.63) is 11.6 Å². The minimum absolute atomic E-state index is 0.00419. The van der Waals surface area contributed by atoms with Crippen LogP contribution < -0.4 is 0 Å². The van der Waals surface area contributed by atoms with Crippen molar-refractivity contribution in [1.29, 1.82) is 0 Å². The first-order chi connectivity index (χ1) is 15.6. The molecule has 196 valence electrons. The summed E-state index contributed by atoms with van der Waals surface area (Å²) in [5.41, 5.74) is -0.735. The highest BCUT2D eigenvalue weighted by atomic mass is 16.6. The van der Waals surface area contributed by atoms with Gasteiger partial charge < -0.3 is 24.1 Å². The van der Waals surface area contributed by atoms with Gasteiger partial charge in [0.15, 0.2) is 0 Å². The van der Waals surface area contributed by atoms with Crippen LogP contribution in [0.25, 0.3) is 0 Å². The predicted molar refractivity (Wildman–Crippen MR) is 130 cm³/mol. The van der Waals surface area contributed by atoms with Crippen molar-refractivity contribution in [2.75, 3.05) is 13.2 Å². The number of fused-ring (bicyclic) bond motifs is 1. The molecule has 2 aliphatic heterocycles. The second-order valence-electron chi connectivity index (χ2n) is 12.1. The smallest absolute Gasteiger partial charge is 0.331 e. The topological polar surface area (TPSA) is 91.3 Å². The van der Waals surface area contributed by atoms with Crippen LogP contribution in [-0.4, -0.2) is 59.8 Å². The largest absolute Gasteiger partial charge is 0.465 e. The second kappa shape index (κ2) is 11.5. The van der Waals surface area contributed by atoms with Crippen LogP contribution in [0.4, 0.5) is 0 Å². The Balaban J connectivity index is 1.86. The van der Waals surface area contributed by atoms with Gasteiger partial charge in [0.05, 0.1) is 36.9 Å². The Bertz CT molecular complexity index is 730. The van der Waals surface area contributed by atoms with Crippen LogP contribution >= 0.6 is 0 Å². The first-order valence-corrected chi connectivity index (χ1v) is 12.7. The van der Waals surface area contributed by atoms with Gasteiger partial charge >= 0.3 is 11.9 Å². The van der Waals surface area contributed by atoms with Gasteiger partial charge in [-0.05, 0) is 86.5 Å². The van der Waals surface area contributed by atoms with Gasteiger partial charge in [0, 0.05) is 12.5 Å². The van der Waals surface area contributed by atoms with E-state index in [1.165, 1.54) is 0 Å². The van der Waals surface area contributed by atoms with Crippen LogP contribution in [0, 0.1) is 11.3 Å². The lowest BCUT2D eigenvalue weighted by Crippen LogP contribution is -2.51. The van der Waals surface area contributed by atoms with Gasteiger partial charge in [-0.2, -0.15) is 0 Å². The Kier molecular flexibility index (Phi) is 9.76. The summed E-state index contributed by atoms with van der Waals surface area (Å²) >= 11 is 0. The third kappa shape index (κ3) is 8.35. The van der Waals surface area contributed by atoms with Crippen molar-refractivity contribution in [3.8, 4) is 0 Å². The van der Waals surface area contributed by atoms with E-state index in [4.69, 9.17) is 18.9 Å². The van der Waals surface area contributed by atoms with Crippen LogP contribution in [0.1, 0.15) is 93.9 Å². The predicted octanol–water partition coefficient (Wildman–Crippen LogP) is 4.74. The molecular formula is C27H46O7. The van der Waals surface area contributed by atoms with E-state index in [9.17, 15) is 14.7 Å². The van der Waals surface area contributed by atoms with Gasteiger partial charge in [-0.3, -0.25) is 4.79 Å². The van der Waals surface area contributed by atoms with Crippen LogP contribution in [-0.2, 0) is 28.5 Å². The van der Waals surface area contributed by atoms with E-state index in [2.05, 4.69) is 6.92 Å². The van der Waals surface area contributed by atoms with E-state index in [0.717, 1.165) is 37.7 Å². The average molecular weight is 483 g/mol. The molecule has 0 amide bonds. The fourth-order valence-corrected chi connectivity index (χ4v) is 4.58. The molecule has 0 aliphatic carbocycles. The maximum atomic E-state index is 12.1. The minimum atomic E-state index is -0.682. The summed E-state index contributed by atoms with van der Waals surface area (Å²) in [7, 11) is 0. The molecule has 2 heterocycles. The Labute approximate surface area is 205 Å². The van der Waals surface area contributed by atoms with E-state index >= 15 is 0 Å². The van der Waals surface area contributed by atoms with Crippen LogP contribution in [0.2, 0.25) is 0 Å². The van der Waals surface area contributed by atoms with E-state index in [1.54, 1.807) is 6.08 Å². The summed E-state index contributed by atoms with van der Waals surface area (Å²) in [5.74, 6) is -0.370. The number of hydrogen-bond acceptors (Lipinski definition) is 7. The monoisotopic (exact) mass is 482 g/mol. The van der Waals surface area contributed by atoms with Crippen molar-refractivity contribution in [3.63, 3.8) is 0 Å². The number of carbonyl (C=O) groups excluding carboxylic acids is 2. The van der Waals surface area contributed by atoms with Crippen LogP contribution in [0.5, 0.6) is 0 Å². The van der Waals surface area contributed by atoms with Crippen molar-refractivity contribution < 1.29 is 33.6 Å². The molecule has 0 radical (unpaired) electrons. The maximum absolute atomic E-state index is 12.1. The highest BCUT2D eigenvalue weighted by molar-refractivity contribution is 5.83. The highest BCUT2D eigenvalue weighted by Crippen LogP contribution is 2.44. The molecule has 2 saturated heterocycles. The lowest BCUT2D eigenvalue weighted by atomic mass is 9.84. The Morgan fingerprint density at radius 1 is 1.15 bits per heavy atom. The standard InChI is InChI=1S/C27H46O7/c1-18(19(2)15-23(29)34-26(6,7)8)14-20-11-12-22-27(17-28,33-20)16-21(32-22)10-9-13-31-24(30)25(3,4)5/h15,18,20-22,28H,9-14,16-17H2,1-8H3/b19-15+/t18-,20-,21+,22+,27-/m1/s1. The second-order valence-corrected chi connectivity index (χ2v) is 12.1. The number of aliphatic hydroxyl groups is 1. The number of rotatable bonds is 9. The molecule has 0 aromatic carbocycles. The summed E-state index contributed by atoms with van der Waals surface area (Å²) < 4.78 is 23.5. The van der Waals surface area contributed by atoms with Gasteiger partial charge in [-0.1, -0.05) is 12.5 Å². The summed E-state index contributed by atoms with van der Waals surface area (Å²) in [4.78, 5) is 24.1. The van der Waals surface area contributed by atoms with Gasteiger partial charge in [0.1, 0.15) is 11.2 Å². The zero-order chi connectivity index (χ0) is 25.7. The molecule has 5 atom stereocenters. The molecule has 0 spiro atoms. The number of allylic oxidation sites excluding steroid dienone is 1. The van der Waals surface area contributed by atoms with Crippen molar-refractivity contribution in [2.45, 2.75) is 123 Å². The molecule has 0 bridgehead atoms. The molecule has 2 aliphatic rings. The first-order valence-electron chi connectivity index (χ1n) is 12.7. The molecule has 0 aromatic heterocycles. The van der Waals surface area contributed by atoms with E-state index in [0.29, 0.717) is 13.0 Å². The molecule has 7 heteroatoms. The number of ether oxygens (including phenoxy) is 4. The van der Waals surface area contributed by atoms with Crippen molar-refractivity contribution in [2.24, 2.45) is 11.3 Å². The summed E-state index contributed by atoms with van der Waals surface area (Å²) in [5, 5.41) is 10.2. The van der Waals surface area contributed by atoms with Crippen molar-refractivity contribution >= 4 is 11.9 Å². The fourth-order valence-electron chi connectivity index (χ4n) is 4.58. The molecular weight excluding hydrogens is 436 g/mol. The van der Waals surface area contributed by atoms with Gasteiger partial charge in [-0.25, -0.2) is 4.79 Å². The number of aliphatic hydroxyl groups excluding tert-OH is 1. The number of carbonyl (C=O) groups is 2. The molecule has 7 nitrogen and oxygen atoms in total. The fraction of sp³-hybridized carbons (Fsp3) is 0.852. The Hall–Kier alpha value is -1.44. The third-order valence-corrected chi connectivity index (χ3v) is 6.60. The molecule has 0 aromatic rings. The molecule has 1 N–H and O–H groups in total. The average Bonchev–Trinajstić information content (AvgIpc) is 3.07. The zero-order valence-electron chi connectivity index (χ0n) is 22.4. The Morgan fingerprint density at radius 2 is 1.82 bits per heavy atom. The normalized spacial score (nSPS) is 28.9. The van der Waals surface area contributed by atoms with Gasteiger partial charge in [0.2, 0.25) is 0 Å². The molecule has 2 rings (SSSR count). The maximum Gasteiger partial charge on any atom is 0.331 e. The van der Waals surface area contributed by atoms with Crippen LogP contribution in [0.15, 0.2) is 11.6 Å². The van der Waals surface area contributed by atoms with E-state index in [1.807, 2.05) is 48.5 Å². The molecule has 34 heavy (non-hydrogen) atoms. The summed E-state index contributed by atoms with van der Waals surface area (Å²) in [6, 6.07) is 0. The number of esters is 2. The van der Waals surface area contributed by atoms with E-state index in [-0.39, 0.29) is 42.8 Å². The van der Waals surface area contributed by atoms with Crippen molar-refractivity contribution in [1.82, 2.24) is 0 Å². The zero-order valence-corrected chi connectivity index (χ0v) is 22.4. The summed E-state index contributed by atoms with van der Waals surface area (Å²) in [6.45, 7) is 15.4. The number of hydrogen-bond donors (Lipinski definition) is 1. The quantitative estimate of drug-likeness (QED) is 0.288. The lowest BCUT2D eigenvalue weighted by molar-refractivity contribution is -0.185. The lowest BCUT2D eigenvalue weighted by Gasteiger charge is -2.41. The van der Waals surface area contributed by atoms with Crippen LogP contribution in [0.3, 0.4) is 0 Å². The SMILES string of the molecule is C/C(=C\C(=O)OC(C)(C)C)[C@H](C)C[C@H]1CC[C@@H]2O[C@@H](CCCOC(=O)C(C)(C)C)C[C@]2(CO)O1. The molecule has 0 saturated carbocycles. The molecule has 2 fully saturated rings. The van der Waals surface area contributed by atoms with Gasteiger partial charge in [0.25, 0.3) is 0 Å². The minimum Gasteiger partial charge on any atom is -0.465 e. The first kappa shape index (κ1) is 28.8. The van der Waals surface area contributed by atoms with Gasteiger partial charge in [-0.15, -0.1) is 0 Å². The molecule has 0 unspecified atom stereocenters. The Morgan fingerprint density at radius 3 is 2.41 bits per heavy atom. The summed E-state index contributed by atoms with van der Waals surface area (Å²) in [6.07, 6.45) is 6.01. The van der Waals surface area contributed by atoms with E-state index < -0.39 is 16.6 Å².